The fraction of sp³-hybridized carbons (Fsp3) is 0.667. The Morgan fingerprint density at radius 1 is 1.38 bits per heavy atom. The van der Waals surface area contributed by atoms with Crippen molar-refractivity contribution in [1.29, 1.82) is 5.26 Å². The van der Waals surface area contributed by atoms with E-state index in [1.807, 2.05) is 22.4 Å². The quantitative estimate of drug-likeness (QED) is 0.888. The Labute approximate surface area is 149 Å². The van der Waals surface area contributed by atoms with E-state index in [1.54, 1.807) is 11.3 Å². The van der Waals surface area contributed by atoms with Crippen molar-refractivity contribution in [2.45, 2.75) is 39.8 Å². The Bertz CT molecular complexity index is 565. The molecule has 1 aromatic rings. The van der Waals surface area contributed by atoms with Gasteiger partial charge in [0, 0.05) is 37.1 Å². The van der Waals surface area contributed by atoms with E-state index in [2.05, 4.69) is 44.0 Å². The first kappa shape index (κ1) is 18.9. The van der Waals surface area contributed by atoms with E-state index in [0.717, 1.165) is 18.0 Å². The van der Waals surface area contributed by atoms with E-state index in [0.29, 0.717) is 19.6 Å². The van der Waals surface area contributed by atoms with Crippen LogP contribution in [0.15, 0.2) is 17.5 Å². The number of nitriles is 1. The molecule has 6 heteroatoms. The molecule has 1 saturated heterocycles. The van der Waals surface area contributed by atoms with Crippen molar-refractivity contribution in [2.24, 2.45) is 5.41 Å². The molecule has 0 unspecified atom stereocenters. The lowest BCUT2D eigenvalue weighted by Gasteiger charge is -2.37. The Morgan fingerprint density at radius 2 is 2.04 bits per heavy atom. The Balaban J connectivity index is 1.82. The second-order valence-corrected chi connectivity index (χ2v) is 8.41. The molecule has 0 bridgehead atoms. The van der Waals surface area contributed by atoms with E-state index in [4.69, 9.17) is 0 Å². The average Bonchev–Trinajstić information content (AvgIpc) is 3.07. The molecule has 5 nitrogen and oxygen atoms in total. The largest absolute Gasteiger partial charge is 0.339 e. The van der Waals surface area contributed by atoms with Gasteiger partial charge in [-0.05, 0) is 23.8 Å². The fourth-order valence-corrected chi connectivity index (χ4v) is 3.46. The summed E-state index contributed by atoms with van der Waals surface area (Å²) in [6.45, 7) is 11.9. The minimum absolute atomic E-state index is 0.139. The van der Waals surface area contributed by atoms with Gasteiger partial charge in [-0.1, -0.05) is 26.8 Å². The van der Waals surface area contributed by atoms with Gasteiger partial charge in [0.15, 0.2) is 0 Å². The molecule has 0 radical (unpaired) electrons. The summed E-state index contributed by atoms with van der Waals surface area (Å²) < 4.78 is 0. The first-order valence-corrected chi connectivity index (χ1v) is 9.39. The summed E-state index contributed by atoms with van der Waals surface area (Å²) in [4.78, 5) is 17.5. The Kier molecular flexibility index (Phi) is 6.39. The third-order valence-corrected chi connectivity index (χ3v) is 5.75. The number of nitrogens with zero attached hydrogens (tertiary/aromatic N) is 3. The summed E-state index contributed by atoms with van der Waals surface area (Å²) in [6.07, 6.45) is 0. The van der Waals surface area contributed by atoms with Gasteiger partial charge in [0.25, 0.3) is 0 Å². The zero-order valence-electron chi connectivity index (χ0n) is 15.1. The van der Waals surface area contributed by atoms with E-state index >= 15 is 0 Å². The van der Waals surface area contributed by atoms with E-state index < -0.39 is 0 Å². The monoisotopic (exact) mass is 348 g/mol. The highest BCUT2D eigenvalue weighted by Gasteiger charge is 2.28. The summed E-state index contributed by atoms with van der Waals surface area (Å²) in [7, 11) is 0. The van der Waals surface area contributed by atoms with E-state index in [9.17, 15) is 10.1 Å². The number of piperazine rings is 1. The van der Waals surface area contributed by atoms with Crippen molar-refractivity contribution in [3.63, 3.8) is 0 Å². The fourth-order valence-electron chi connectivity index (χ4n) is 2.66. The van der Waals surface area contributed by atoms with Gasteiger partial charge in [0.2, 0.25) is 5.91 Å². The number of rotatable bonds is 5. The van der Waals surface area contributed by atoms with Crippen LogP contribution in [0.2, 0.25) is 0 Å². The highest BCUT2D eigenvalue weighted by molar-refractivity contribution is 7.10. The highest BCUT2D eigenvalue weighted by atomic mass is 32.1. The van der Waals surface area contributed by atoms with Gasteiger partial charge in [-0.15, -0.1) is 11.3 Å². The number of hydrogen-bond donors (Lipinski definition) is 1. The van der Waals surface area contributed by atoms with Crippen molar-refractivity contribution < 1.29 is 4.79 Å². The van der Waals surface area contributed by atoms with Crippen LogP contribution >= 0.6 is 11.3 Å². The number of nitrogens with one attached hydrogen (secondary N) is 1. The third-order valence-electron chi connectivity index (χ3n) is 4.83. The van der Waals surface area contributed by atoms with Gasteiger partial charge < -0.3 is 10.2 Å². The second-order valence-electron chi connectivity index (χ2n) is 7.43. The normalized spacial score (nSPS) is 18.9. The zero-order valence-corrected chi connectivity index (χ0v) is 15.9. The molecular weight excluding hydrogens is 320 g/mol. The Morgan fingerprint density at radius 3 is 2.54 bits per heavy atom. The van der Waals surface area contributed by atoms with Crippen molar-refractivity contribution in [3.8, 4) is 6.07 Å². The third kappa shape index (κ3) is 4.79. The molecule has 1 aliphatic rings. The van der Waals surface area contributed by atoms with Crippen LogP contribution in [0.4, 0.5) is 0 Å². The van der Waals surface area contributed by atoms with E-state index in [1.165, 1.54) is 0 Å². The number of carbonyl (C=O) groups is 1. The number of amides is 1. The summed E-state index contributed by atoms with van der Waals surface area (Å²) >= 11 is 1.62. The standard InChI is InChI=1S/C18H28N4OS/c1-14(18(2,3)4)20-13-17(23)22-9-7-21(8-10-22)15(12-19)16-6-5-11-24-16/h5-6,11,14-15,20H,7-10,13H2,1-4H3/t14-,15-/m1/s1. The molecule has 1 amide bonds. The molecule has 2 rings (SSSR count). The van der Waals surface area contributed by atoms with Crippen LogP contribution in [0.3, 0.4) is 0 Å². The lowest BCUT2D eigenvalue weighted by molar-refractivity contribution is -0.132. The molecule has 2 atom stereocenters. The van der Waals surface area contributed by atoms with Gasteiger partial charge in [-0.3, -0.25) is 9.69 Å². The van der Waals surface area contributed by atoms with Crippen LogP contribution in [0.1, 0.15) is 38.6 Å². The van der Waals surface area contributed by atoms with Crippen LogP contribution in [-0.4, -0.2) is 54.5 Å². The summed E-state index contributed by atoms with van der Waals surface area (Å²) in [5, 5.41) is 14.8. The van der Waals surface area contributed by atoms with Gasteiger partial charge in [-0.25, -0.2) is 0 Å². The smallest absolute Gasteiger partial charge is 0.236 e. The summed E-state index contributed by atoms with van der Waals surface area (Å²) in [5.41, 5.74) is 0.139. The van der Waals surface area contributed by atoms with E-state index in [-0.39, 0.29) is 23.4 Å². The van der Waals surface area contributed by atoms with Crippen molar-refractivity contribution in [1.82, 2.24) is 15.1 Å². The van der Waals surface area contributed by atoms with Gasteiger partial charge in [0.1, 0.15) is 6.04 Å². The maximum Gasteiger partial charge on any atom is 0.236 e. The first-order valence-electron chi connectivity index (χ1n) is 8.51. The van der Waals surface area contributed by atoms with Crippen molar-refractivity contribution in [2.75, 3.05) is 32.7 Å². The molecule has 132 valence electrons. The summed E-state index contributed by atoms with van der Waals surface area (Å²) in [5.74, 6) is 0.149. The first-order chi connectivity index (χ1) is 11.3. The molecule has 0 spiro atoms. The molecule has 2 heterocycles. The van der Waals surface area contributed by atoms with Crippen LogP contribution in [0, 0.1) is 16.7 Å². The maximum absolute atomic E-state index is 12.4. The SMILES string of the molecule is C[C@@H](NCC(=O)N1CCN([C@H](C#N)c2cccs2)CC1)C(C)(C)C. The number of thiophene rings is 1. The maximum atomic E-state index is 12.4. The topological polar surface area (TPSA) is 59.4 Å². The molecule has 1 fully saturated rings. The lowest BCUT2D eigenvalue weighted by atomic mass is 9.88. The van der Waals surface area contributed by atoms with Crippen LogP contribution in [-0.2, 0) is 4.79 Å². The minimum atomic E-state index is -0.193. The van der Waals surface area contributed by atoms with Crippen LogP contribution in [0.25, 0.3) is 0 Å². The predicted molar refractivity (Wildman–Crippen MR) is 97.7 cm³/mol. The summed E-state index contributed by atoms with van der Waals surface area (Å²) in [6, 6.07) is 6.47. The van der Waals surface area contributed by atoms with Crippen molar-refractivity contribution in [3.05, 3.63) is 22.4 Å². The lowest BCUT2D eigenvalue weighted by Crippen LogP contribution is -2.52. The molecular formula is C18H28N4OS. The Hall–Kier alpha value is -1.42. The second kappa shape index (κ2) is 8.11. The highest BCUT2D eigenvalue weighted by Crippen LogP contribution is 2.25. The molecule has 0 saturated carbocycles. The van der Waals surface area contributed by atoms with Crippen LogP contribution in [0.5, 0.6) is 0 Å². The van der Waals surface area contributed by atoms with Gasteiger partial charge >= 0.3 is 0 Å². The molecule has 1 N–H and O–H groups in total. The number of carbonyl (C=O) groups excluding carboxylic acids is 1. The molecule has 0 aromatic carbocycles. The van der Waals surface area contributed by atoms with Crippen molar-refractivity contribution >= 4 is 17.2 Å². The minimum Gasteiger partial charge on any atom is -0.339 e. The van der Waals surface area contributed by atoms with Crippen LogP contribution < -0.4 is 5.32 Å². The molecule has 1 aromatic heterocycles. The molecule has 1 aliphatic heterocycles. The average molecular weight is 349 g/mol. The van der Waals surface area contributed by atoms with Gasteiger partial charge in [0.05, 0.1) is 12.6 Å². The molecule has 24 heavy (non-hydrogen) atoms. The zero-order chi connectivity index (χ0) is 17.7. The predicted octanol–water partition coefficient (Wildman–Crippen LogP) is 2.48. The van der Waals surface area contributed by atoms with Gasteiger partial charge in [-0.2, -0.15) is 5.26 Å². The number of hydrogen-bond acceptors (Lipinski definition) is 5. The molecule has 0 aliphatic carbocycles.